The first-order chi connectivity index (χ1) is 9.19. The van der Waals surface area contributed by atoms with E-state index < -0.39 is 0 Å². The number of nitrogen functional groups attached to an aromatic ring is 1. The number of amides is 1. The van der Waals surface area contributed by atoms with Gasteiger partial charge in [0.1, 0.15) is 11.6 Å². The molecule has 98 valence electrons. The summed E-state index contributed by atoms with van der Waals surface area (Å²) in [4.78, 5) is 16.9. The van der Waals surface area contributed by atoms with Gasteiger partial charge < -0.3 is 15.8 Å². The summed E-state index contributed by atoms with van der Waals surface area (Å²) in [5, 5.41) is 3.22. The van der Waals surface area contributed by atoms with Crippen LogP contribution in [0.25, 0.3) is 0 Å². The zero-order valence-corrected chi connectivity index (χ0v) is 11.2. The number of anilines is 2. The van der Waals surface area contributed by atoms with Crippen molar-refractivity contribution in [2.75, 3.05) is 18.2 Å². The quantitative estimate of drug-likeness (QED) is 0.881. The fourth-order valence-electron chi connectivity index (χ4n) is 2.34. The Kier molecular flexibility index (Phi) is 2.87. The molecule has 2 heterocycles. The molecule has 1 aromatic carbocycles. The number of carbonyl (C=O) groups is 1. The highest BCUT2D eigenvalue weighted by Crippen LogP contribution is 2.43. The first-order valence-corrected chi connectivity index (χ1v) is 6.69. The number of hydrogen-bond acceptors (Lipinski definition) is 5. The van der Waals surface area contributed by atoms with E-state index in [9.17, 15) is 4.79 Å². The number of methoxy groups -OCH3 is 1. The van der Waals surface area contributed by atoms with Gasteiger partial charge in [0.25, 0.3) is 0 Å². The zero-order valence-electron chi connectivity index (χ0n) is 10.3. The fourth-order valence-corrected chi connectivity index (χ4v) is 3.25. The summed E-state index contributed by atoms with van der Waals surface area (Å²) in [7, 11) is 1.63. The minimum Gasteiger partial charge on any atom is -0.496 e. The minimum atomic E-state index is -0.0475. The number of nitrogens with one attached hydrogen (secondary N) is 1. The molecule has 1 amide bonds. The first kappa shape index (κ1) is 12.0. The van der Waals surface area contributed by atoms with Gasteiger partial charge >= 0.3 is 0 Å². The molecule has 1 aromatic heterocycles. The van der Waals surface area contributed by atoms with Crippen molar-refractivity contribution in [1.29, 1.82) is 0 Å². The number of aromatic nitrogens is 1. The van der Waals surface area contributed by atoms with Crippen LogP contribution in [0.5, 0.6) is 5.75 Å². The number of thiazole rings is 1. The average Bonchev–Trinajstić information content (AvgIpc) is 2.77. The Balaban J connectivity index is 2.12. The predicted molar refractivity (Wildman–Crippen MR) is 74.6 cm³/mol. The topological polar surface area (TPSA) is 77.2 Å². The summed E-state index contributed by atoms with van der Waals surface area (Å²) in [5.74, 6) is 1.26. The summed E-state index contributed by atoms with van der Waals surface area (Å²) in [6, 6.07) is 7.72. The number of fused-ring (bicyclic) bond motifs is 1. The summed E-state index contributed by atoms with van der Waals surface area (Å²) in [6.07, 6.45) is 0.384. The van der Waals surface area contributed by atoms with Gasteiger partial charge in [-0.25, -0.2) is 4.98 Å². The van der Waals surface area contributed by atoms with Crippen LogP contribution in [-0.2, 0) is 4.79 Å². The van der Waals surface area contributed by atoms with Crippen molar-refractivity contribution in [1.82, 2.24) is 4.98 Å². The van der Waals surface area contributed by atoms with Gasteiger partial charge in [0.05, 0.1) is 12.0 Å². The number of para-hydroxylation sites is 1. The predicted octanol–water partition coefficient (Wildman–Crippen LogP) is 2.21. The Morgan fingerprint density at radius 3 is 3.05 bits per heavy atom. The normalized spacial score (nSPS) is 17.7. The highest BCUT2D eigenvalue weighted by Gasteiger charge is 2.31. The standard InChI is InChI=1S/C13H13N3O2S/c1-18-9-5-3-2-4-7(9)8-6-10(17)15-12-11(8)19-13(14)16-12/h2-5,8H,6H2,1H3,(H2,14,16)(H,15,17)/t8-/m0/s1. The lowest BCUT2D eigenvalue weighted by atomic mass is 9.91. The fraction of sp³-hybridized carbons (Fsp3) is 0.231. The number of rotatable bonds is 2. The Hall–Kier alpha value is -2.08. The molecule has 1 aliphatic rings. The summed E-state index contributed by atoms with van der Waals surface area (Å²) in [6.45, 7) is 0. The molecule has 0 aliphatic carbocycles. The van der Waals surface area contributed by atoms with E-state index in [0.717, 1.165) is 16.2 Å². The second-order valence-corrected chi connectivity index (χ2v) is 5.37. The molecule has 3 rings (SSSR count). The lowest BCUT2D eigenvalue weighted by molar-refractivity contribution is -0.116. The molecule has 0 bridgehead atoms. The molecule has 2 aromatic rings. The highest BCUT2D eigenvalue weighted by molar-refractivity contribution is 7.16. The maximum atomic E-state index is 11.8. The van der Waals surface area contributed by atoms with Gasteiger partial charge in [-0.15, -0.1) is 0 Å². The molecule has 0 radical (unpaired) electrons. The molecule has 1 aliphatic heterocycles. The van der Waals surface area contributed by atoms with Crippen LogP contribution in [-0.4, -0.2) is 18.0 Å². The van der Waals surface area contributed by atoms with Crippen molar-refractivity contribution < 1.29 is 9.53 Å². The second kappa shape index (κ2) is 4.55. The Bertz CT molecular complexity index is 639. The van der Waals surface area contributed by atoms with E-state index >= 15 is 0 Å². The average molecular weight is 275 g/mol. The molecular formula is C13H13N3O2S. The first-order valence-electron chi connectivity index (χ1n) is 5.88. The van der Waals surface area contributed by atoms with E-state index in [-0.39, 0.29) is 11.8 Å². The highest BCUT2D eigenvalue weighted by atomic mass is 32.1. The maximum Gasteiger partial charge on any atom is 0.226 e. The van der Waals surface area contributed by atoms with Crippen LogP contribution < -0.4 is 15.8 Å². The molecule has 1 atom stereocenters. The van der Waals surface area contributed by atoms with E-state index in [2.05, 4.69) is 10.3 Å². The molecule has 0 spiro atoms. The minimum absolute atomic E-state index is 0.0466. The van der Waals surface area contributed by atoms with E-state index in [1.165, 1.54) is 11.3 Å². The van der Waals surface area contributed by atoms with E-state index in [1.807, 2.05) is 24.3 Å². The van der Waals surface area contributed by atoms with Gasteiger partial charge in [-0.05, 0) is 6.07 Å². The number of hydrogen-bond donors (Lipinski definition) is 2. The van der Waals surface area contributed by atoms with Crippen molar-refractivity contribution in [3.8, 4) is 5.75 Å². The smallest absolute Gasteiger partial charge is 0.226 e. The Morgan fingerprint density at radius 2 is 2.26 bits per heavy atom. The van der Waals surface area contributed by atoms with Gasteiger partial charge in [0.2, 0.25) is 5.91 Å². The van der Waals surface area contributed by atoms with Crippen LogP contribution in [0.3, 0.4) is 0 Å². The third-order valence-electron chi connectivity index (χ3n) is 3.15. The molecule has 6 heteroatoms. The molecule has 0 saturated heterocycles. The van der Waals surface area contributed by atoms with Crippen LogP contribution in [0.15, 0.2) is 24.3 Å². The molecule has 0 unspecified atom stereocenters. The van der Waals surface area contributed by atoms with Gasteiger partial charge in [-0.3, -0.25) is 4.79 Å². The van der Waals surface area contributed by atoms with Crippen molar-refractivity contribution >= 4 is 28.2 Å². The molecule has 0 saturated carbocycles. The van der Waals surface area contributed by atoms with Gasteiger partial charge in [0.15, 0.2) is 5.13 Å². The van der Waals surface area contributed by atoms with Crippen LogP contribution >= 0.6 is 11.3 Å². The third kappa shape index (κ3) is 2.04. The lowest BCUT2D eigenvalue weighted by Gasteiger charge is -2.23. The third-order valence-corrected chi connectivity index (χ3v) is 4.15. The monoisotopic (exact) mass is 275 g/mol. The van der Waals surface area contributed by atoms with Crippen molar-refractivity contribution in [2.45, 2.75) is 12.3 Å². The van der Waals surface area contributed by atoms with E-state index in [1.54, 1.807) is 7.11 Å². The summed E-state index contributed by atoms with van der Waals surface area (Å²) >= 11 is 1.41. The van der Waals surface area contributed by atoms with Crippen molar-refractivity contribution in [2.24, 2.45) is 0 Å². The molecular weight excluding hydrogens is 262 g/mol. The largest absolute Gasteiger partial charge is 0.496 e. The van der Waals surface area contributed by atoms with E-state index in [0.29, 0.717) is 17.4 Å². The lowest BCUT2D eigenvalue weighted by Crippen LogP contribution is -2.22. The molecule has 0 fully saturated rings. The van der Waals surface area contributed by atoms with Crippen molar-refractivity contribution in [3.05, 3.63) is 34.7 Å². The van der Waals surface area contributed by atoms with Crippen LogP contribution in [0, 0.1) is 0 Å². The second-order valence-electron chi connectivity index (χ2n) is 4.31. The van der Waals surface area contributed by atoms with Gasteiger partial charge in [-0.1, -0.05) is 29.5 Å². The van der Waals surface area contributed by atoms with Gasteiger partial charge in [0, 0.05) is 17.9 Å². The van der Waals surface area contributed by atoms with E-state index in [4.69, 9.17) is 10.5 Å². The molecule has 3 N–H and O–H groups in total. The van der Waals surface area contributed by atoms with Crippen LogP contribution in [0.1, 0.15) is 22.8 Å². The number of benzene rings is 1. The Morgan fingerprint density at radius 1 is 1.47 bits per heavy atom. The molecule has 5 nitrogen and oxygen atoms in total. The maximum absolute atomic E-state index is 11.8. The zero-order chi connectivity index (χ0) is 13.4. The van der Waals surface area contributed by atoms with Gasteiger partial charge in [-0.2, -0.15) is 0 Å². The van der Waals surface area contributed by atoms with Crippen molar-refractivity contribution in [3.63, 3.8) is 0 Å². The Labute approximate surface area is 114 Å². The summed E-state index contributed by atoms with van der Waals surface area (Å²) in [5.41, 5.74) is 6.73. The number of nitrogens with two attached hydrogens (primary N) is 1. The molecule has 19 heavy (non-hydrogen) atoms. The number of nitrogens with zero attached hydrogens (tertiary/aromatic N) is 1. The SMILES string of the molecule is COc1ccccc1[C@@H]1CC(=O)Nc2nc(N)sc21. The van der Waals surface area contributed by atoms with Crippen LogP contribution in [0.4, 0.5) is 10.9 Å². The van der Waals surface area contributed by atoms with Crippen LogP contribution in [0.2, 0.25) is 0 Å². The number of ether oxygens (including phenoxy) is 1. The number of carbonyl (C=O) groups excluding carboxylic acids is 1. The summed E-state index contributed by atoms with van der Waals surface area (Å²) < 4.78 is 5.38.